The highest BCUT2D eigenvalue weighted by Gasteiger charge is 2.16. The second-order valence-corrected chi connectivity index (χ2v) is 6.66. The Balaban J connectivity index is 1.97. The summed E-state index contributed by atoms with van der Waals surface area (Å²) in [7, 11) is 0. The minimum atomic E-state index is -0.324. The maximum Gasteiger partial charge on any atom is 0.267 e. The molecule has 0 unspecified atom stereocenters. The highest BCUT2D eigenvalue weighted by molar-refractivity contribution is 6.02. The Labute approximate surface area is 162 Å². The van der Waals surface area contributed by atoms with Gasteiger partial charge in [-0.2, -0.15) is 0 Å². The molecule has 2 heterocycles. The molecule has 1 N–H and O–H groups in total. The molecule has 0 fully saturated rings. The summed E-state index contributed by atoms with van der Waals surface area (Å²) in [6.07, 6.45) is 3.19. The second kappa shape index (κ2) is 7.12. The van der Waals surface area contributed by atoms with Crippen LogP contribution in [0.25, 0.3) is 16.6 Å². The average molecular weight is 369 g/mol. The maximum atomic E-state index is 13.0. The van der Waals surface area contributed by atoms with Crippen LogP contribution in [-0.4, -0.2) is 20.9 Å². The summed E-state index contributed by atoms with van der Waals surface area (Å²) in [6.45, 7) is 4.02. The van der Waals surface area contributed by atoms with Crippen molar-refractivity contribution in [2.75, 3.05) is 0 Å². The molecule has 0 saturated carbocycles. The Bertz CT molecular complexity index is 1260. The number of nitrogens with zero attached hydrogens (tertiary/aromatic N) is 3. The van der Waals surface area contributed by atoms with Gasteiger partial charge in [-0.25, -0.2) is 9.55 Å². The van der Waals surface area contributed by atoms with Gasteiger partial charge in [-0.15, -0.1) is 0 Å². The van der Waals surface area contributed by atoms with Gasteiger partial charge < -0.3 is 5.11 Å². The molecular formula is C23H19N3O2. The van der Waals surface area contributed by atoms with E-state index in [1.807, 2.05) is 38.1 Å². The molecule has 0 aliphatic carbocycles. The monoisotopic (exact) mass is 369 g/mol. The number of aromatic hydroxyl groups is 1. The van der Waals surface area contributed by atoms with E-state index in [9.17, 15) is 9.90 Å². The lowest BCUT2D eigenvalue weighted by molar-refractivity contribution is 0.435. The van der Waals surface area contributed by atoms with E-state index in [0.717, 1.165) is 16.8 Å². The predicted molar refractivity (Wildman–Crippen MR) is 112 cm³/mol. The van der Waals surface area contributed by atoms with E-state index in [4.69, 9.17) is 0 Å². The van der Waals surface area contributed by atoms with Gasteiger partial charge in [0.1, 0.15) is 5.82 Å². The summed E-state index contributed by atoms with van der Waals surface area (Å²) in [4.78, 5) is 21.8. The van der Waals surface area contributed by atoms with Crippen molar-refractivity contribution in [3.05, 3.63) is 93.9 Å². The van der Waals surface area contributed by atoms with Crippen LogP contribution >= 0.6 is 0 Å². The zero-order valence-corrected chi connectivity index (χ0v) is 15.6. The molecule has 2 aromatic carbocycles. The van der Waals surface area contributed by atoms with Crippen molar-refractivity contribution in [1.82, 2.24) is 9.55 Å². The van der Waals surface area contributed by atoms with E-state index in [2.05, 4.69) is 16.0 Å². The predicted octanol–water partition coefficient (Wildman–Crippen LogP) is 4.46. The van der Waals surface area contributed by atoms with Crippen molar-refractivity contribution in [1.29, 1.82) is 0 Å². The number of pyridine rings is 2. The molecule has 28 heavy (non-hydrogen) atoms. The maximum absolute atomic E-state index is 13.0. The van der Waals surface area contributed by atoms with Gasteiger partial charge in [0, 0.05) is 23.2 Å². The van der Waals surface area contributed by atoms with E-state index < -0.39 is 0 Å². The average Bonchev–Trinajstić information content (AvgIpc) is 2.70. The number of rotatable bonds is 3. The van der Waals surface area contributed by atoms with Crippen molar-refractivity contribution < 1.29 is 5.11 Å². The molecule has 0 bridgehead atoms. The van der Waals surface area contributed by atoms with Gasteiger partial charge in [0.25, 0.3) is 5.56 Å². The van der Waals surface area contributed by atoms with Crippen LogP contribution in [-0.2, 0) is 0 Å². The van der Waals surface area contributed by atoms with Gasteiger partial charge in [-0.3, -0.25) is 9.79 Å². The van der Waals surface area contributed by atoms with Crippen molar-refractivity contribution in [2.45, 2.75) is 13.8 Å². The first-order valence-corrected chi connectivity index (χ1v) is 8.95. The fraction of sp³-hybridized carbons (Fsp3) is 0.0870. The lowest BCUT2D eigenvalue weighted by Gasteiger charge is -2.13. The molecule has 0 atom stereocenters. The third-order valence-electron chi connectivity index (χ3n) is 4.67. The van der Waals surface area contributed by atoms with E-state index in [1.165, 1.54) is 4.57 Å². The van der Waals surface area contributed by atoms with Crippen LogP contribution in [0, 0.1) is 13.8 Å². The van der Waals surface area contributed by atoms with E-state index in [-0.39, 0.29) is 11.4 Å². The van der Waals surface area contributed by atoms with E-state index in [0.29, 0.717) is 22.2 Å². The largest absolute Gasteiger partial charge is 0.494 e. The van der Waals surface area contributed by atoms with E-state index in [1.54, 1.807) is 42.7 Å². The first-order valence-electron chi connectivity index (χ1n) is 8.95. The zero-order valence-electron chi connectivity index (χ0n) is 15.6. The highest BCUT2D eigenvalue weighted by atomic mass is 16.3. The summed E-state index contributed by atoms with van der Waals surface area (Å²) in [5, 5.41) is 12.1. The summed E-state index contributed by atoms with van der Waals surface area (Å²) in [6, 6.07) is 18.4. The number of hydrogen-bond acceptors (Lipinski definition) is 4. The molecule has 0 spiro atoms. The fourth-order valence-electron chi connectivity index (χ4n) is 3.27. The van der Waals surface area contributed by atoms with Gasteiger partial charge in [0.2, 0.25) is 5.88 Å². The zero-order chi connectivity index (χ0) is 19.7. The quantitative estimate of drug-likeness (QED) is 0.542. The molecule has 4 aromatic rings. The number of aliphatic imine (C=N–C) groups is 1. The van der Waals surface area contributed by atoms with Gasteiger partial charge in [0.05, 0.1) is 11.3 Å². The molecular weight excluding hydrogens is 350 g/mol. The molecule has 0 radical (unpaired) electrons. The third-order valence-corrected chi connectivity index (χ3v) is 4.67. The van der Waals surface area contributed by atoms with Crippen LogP contribution in [0.4, 0.5) is 5.69 Å². The fourth-order valence-corrected chi connectivity index (χ4v) is 3.27. The normalized spacial score (nSPS) is 11.4. The summed E-state index contributed by atoms with van der Waals surface area (Å²) < 4.78 is 1.21. The molecule has 5 nitrogen and oxygen atoms in total. The minimum Gasteiger partial charge on any atom is -0.494 e. The third kappa shape index (κ3) is 3.07. The SMILES string of the molecule is Cc1ccc(N=Cc2c(O)n(-c3ccccn3)c(=O)c3ccccc23)c(C)c1. The van der Waals surface area contributed by atoms with Gasteiger partial charge in [0.15, 0.2) is 0 Å². The van der Waals surface area contributed by atoms with Gasteiger partial charge in [-0.05, 0) is 43.7 Å². The van der Waals surface area contributed by atoms with Crippen molar-refractivity contribution >= 4 is 22.7 Å². The smallest absolute Gasteiger partial charge is 0.267 e. The van der Waals surface area contributed by atoms with Crippen LogP contribution < -0.4 is 5.56 Å². The van der Waals surface area contributed by atoms with Crippen LogP contribution in [0.5, 0.6) is 5.88 Å². The van der Waals surface area contributed by atoms with Gasteiger partial charge in [-0.1, -0.05) is 42.0 Å². The van der Waals surface area contributed by atoms with Crippen molar-refractivity contribution in [3.8, 4) is 11.7 Å². The first kappa shape index (κ1) is 17.7. The molecule has 2 aromatic heterocycles. The Morgan fingerprint density at radius 2 is 1.75 bits per heavy atom. The summed E-state index contributed by atoms with van der Waals surface area (Å²) in [5.41, 5.74) is 3.16. The topological polar surface area (TPSA) is 67.5 Å². The number of benzene rings is 2. The molecule has 4 rings (SSSR count). The number of aryl methyl sites for hydroxylation is 2. The molecule has 0 aliphatic heterocycles. The lowest BCUT2D eigenvalue weighted by Crippen LogP contribution is -2.20. The Hall–Kier alpha value is -3.73. The molecule has 0 amide bonds. The van der Waals surface area contributed by atoms with Crippen molar-refractivity contribution in [3.63, 3.8) is 0 Å². The van der Waals surface area contributed by atoms with Crippen LogP contribution in [0.15, 0.2) is 76.6 Å². The van der Waals surface area contributed by atoms with Crippen LogP contribution in [0.2, 0.25) is 0 Å². The lowest BCUT2D eigenvalue weighted by atomic mass is 10.1. The minimum absolute atomic E-state index is 0.184. The number of aromatic nitrogens is 2. The molecule has 138 valence electrons. The van der Waals surface area contributed by atoms with E-state index >= 15 is 0 Å². The molecule has 5 heteroatoms. The Kier molecular flexibility index (Phi) is 4.49. The molecule has 0 saturated heterocycles. The summed E-state index contributed by atoms with van der Waals surface area (Å²) >= 11 is 0. The number of hydrogen-bond donors (Lipinski definition) is 1. The van der Waals surface area contributed by atoms with Crippen LogP contribution in [0.3, 0.4) is 0 Å². The highest BCUT2D eigenvalue weighted by Crippen LogP contribution is 2.26. The molecule has 0 aliphatic rings. The second-order valence-electron chi connectivity index (χ2n) is 6.66. The standard InChI is InChI=1S/C23H19N3O2/c1-15-10-11-20(16(2)13-15)25-14-19-17-7-3-4-8-18(17)22(27)26(23(19)28)21-9-5-6-12-24-21/h3-14,28H,1-2H3. The van der Waals surface area contributed by atoms with Crippen LogP contribution in [0.1, 0.15) is 16.7 Å². The summed E-state index contributed by atoms with van der Waals surface area (Å²) in [5.74, 6) is 0.174. The van der Waals surface area contributed by atoms with Gasteiger partial charge >= 0.3 is 0 Å². The Morgan fingerprint density at radius 1 is 1.00 bits per heavy atom. The van der Waals surface area contributed by atoms with Crippen molar-refractivity contribution in [2.24, 2.45) is 4.99 Å². The number of fused-ring (bicyclic) bond motifs is 1. The Morgan fingerprint density at radius 3 is 2.46 bits per heavy atom. The first-order chi connectivity index (χ1) is 13.6.